The van der Waals surface area contributed by atoms with E-state index in [0.717, 1.165) is 12.0 Å². The Morgan fingerprint density at radius 2 is 2.12 bits per heavy atom. The first kappa shape index (κ1) is 13.4. The SMILES string of the molecule is CCCNCC1CCC1N1CCCC(C)(C)C1. The van der Waals surface area contributed by atoms with Gasteiger partial charge in [-0.15, -0.1) is 0 Å². The Bertz CT molecular complexity index is 237. The zero-order valence-corrected chi connectivity index (χ0v) is 12.0. The predicted molar refractivity (Wildman–Crippen MR) is 74.3 cm³/mol. The first-order valence-corrected chi connectivity index (χ1v) is 7.57. The summed E-state index contributed by atoms with van der Waals surface area (Å²) >= 11 is 0. The Labute approximate surface area is 107 Å². The molecule has 2 atom stereocenters. The van der Waals surface area contributed by atoms with E-state index in [1.54, 1.807) is 0 Å². The maximum atomic E-state index is 3.60. The minimum atomic E-state index is 0.551. The van der Waals surface area contributed by atoms with Gasteiger partial charge in [0.05, 0.1) is 0 Å². The van der Waals surface area contributed by atoms with Crippen molar-refractivity contribution in [1.29, 1.82) is 0 Å². The molecule has 2 aliphatic rings. The highest BCUT2D eigenvalue weighted by Gasteiger charge is 2.38. The Kier molecular flexibility index (Phi) is 4.48. The van der Waals surface area contributed by atoms with Gasteiger partial charge in [0.1, 0.15) is 0 Å². The smallest absolute Gasteiger partial charge is 0.0136 e. The molecule has 0 aromatic heterocycles. The van der Waals surface area contributed by atoms with Crippen LogP contribution in [0.1, 0.15) is 52.9 Å². The number of rotatable bonds is 5. The van der Waals surface area contributed by atoms with Crippen LogP contribution in [-0.4, -0.2) is 37.1 Å². The van der Waals surface area contributed by atoms with Gasteiger partial charge in [-0.2, -0.15) is 0 Å². The lowest BCUT2D eigenvalue weighted by molar-refractivity contribution is 0.00612. The highest BCUT2D eigenvalue weighted by Crippen LogP contribution is 2.37. The predicted octanol–water partition coefficient (Wildman–Crippen LogP) is 2.89. The minimum Gasteiger partial charge on any atom is -0.316 e. The Hall–Kier alpha value is -0.0800. The monoisotopic (exact) mass is 238 g/mol. The second-order valence-electron chi connectivity index (χ2n) is 6.85. The van der Waals surface area contributed by atoms with E-state index in [1.165, 1.54) is 58.3 Å². The Balaban J connectivity index is 1.77. The van der Waals surface area contributed by atoms with Crippen LogP contribution >= 0.6 is 0 Å². The molecule has 1 saturated carbocycles. The zero-order valence-electron chi connectivity index (χ0n) is 12.0. The van der Waals surface area contributed by atoms with Crippen LogP contribution in [0.15, 0.2) is 0 Å². The van der Waals surface area contributed by atoms with Crippen molar-refractivity contribution in [3.63, 3.8) is 0 Å². The van der Waals surface area contributed by atoms with Gasteiger partial charge in [-0.3, -0.25) is 4.90 Å². The summed E-state index contributed by atoms with van der Waals surface area (Å²) in [5.41, 5.74) is 0.551. The molecule has 1 heterocycles. The fourth-order valence-corrected chi connectivity index (χ4v) is 3.49. The quantitative estimate of drug-likeness (QED) is 0.741. The first-order valence-electron chi connectivity index (χ1n) is 7.57. The second-order valence-corrected chi connectivity index (χ2v) is 6.85. The third kappa shape index (κ3) is 3.45. The van der Waals surface area contributed by atoms with Crippen LogP contribution in [0.5, 0.6) is 0 Å². The van der Waals surface area contributed by atoms with Gasteiger partial charge in [-0.1, -0.05) is 20.8 Å². The van der Waals surface area contributed by atoms with Gasteiger partial charge in [0.25, 0.3) is 0 Å². The number of likely N-dealkylation sites (tertiary alicyclic amines) is 1. The van der Waals surface area contributed by atoms with Gasteiger partial charge in [0, 0.05) is 12.6 Å². The van der Waals surface area contributed by atoms with Gasteiger partial charge in [0.2, 0.25) is 0 Å². The van der Waals surface area contributed by atoms with Crippen molar-refractivity contribution in [2.24, 2.45) is 11.3 Å². The highest BCUT2D eigenvalue weighted by molar-refractivity contribution is 4.93. The summed E-state index contributed by atoms with van der Waals surface area (Å²) in [6.07, 6.45) is 6.95. The lowest BCUT2D eigenvalue weighted by Crippen LogP contribution is -2.54. The first-order chi connectivity index (χ1) is 8.12. The molecule has 100 valence electrons. The number of piperidine rings is 1. The highest BCUT2D eigenvalue weighted by atomic mass is 15.2. The van der Waals surface area contributed by atoms with E-state index in [0.29, 0.717) is 5.41 Å². The largest absolute Gasteiger partial charge is 0.316 e. The topological polar surface area (TPSA) is 15.3 Å². The van der Waals surface area contributed by atoms with E-state index in [1.807, 2.05) is 0 Å². The van der Waals surface area contributed by atoms with E-state index in [2.05, 4.69) is 31.0 Å². The average Bonchev–Trinajstić information content (AvgIpc) is 2.21. The standard InChI is InChI=1S/C15H30N2/c1-4-9-16-11-13-6-7-14(13)17-10-5-8-15(2,3)12-17/h13-14,16H,4-12H2,1-3H3. The van der Waals surface area contributed by atoms with Crippen LogP contribution in [0.3, 0.4) is 0 Å². The molecular weight excluding hydrogens is 208 g/mol. The summed E-state index contributed by atoms with van der Waals surface area (Å²) < 4.78 is 0. The van der Waals surface area contributed by atoms with Crippen LogP contribution in [0.25, 0.3) is 0 Å². The lowest BCUT2D eigenvalue weighted by Gasteiger charge is -2.49. The molecule has 2 heteroatoms. The van der Waals surface area contributed by atoms with E-state index in [9.17, 15) is 0 Å². The normalized spacial score (nSPS) is 33.4. The molecule has 2 rings (SSSR count). The van der Waals surface area contributed by atoms with E-state index < -0.39 is 0 Å². The molecular formula is C15H30N2. The molecule has 1 aliphatic heterocycles. The molecule has 0 aromatic rings. The van der Waals surface area contributed by atoms with Gasteiger partial charge < -0.3 is 5.32 Å². The maximum absolute atomic E-state index is 3.60. The van der Waals surface area contributed by atoms with Crippen LogP contribution in [0.2, 0.25) is 0 Å². The van der Waals surface area contributed by atoms with Gasteiger partial charge in [0.15, 0.2) is 0 Å². The van der Waals surface area contributed by atoms with E-state index >= 15 is 0 Å². The van der Waals surface area contributed by atoms with Crippen molar-refractivity contribution >= 4 is 0 Å². The minimum absolute atomic E-state index is 0.551. The van der Waals surface area contributed by atoms with E-state index in [4.69, 9.17) is 0 Å². The number of nitrogens with zero attached hydrogens (tertiary/aromatic N) is 1. The summed E-state index contributed by atoms with van der Waals surface area (Å²) in [5.74, 6) is 0.926. The third-order valence-corrected chi connectivity index (χ3v) is 4.61. The van der Waals surface area contributed by atoms with Gasteiger partial charge in [-0.05, 0) is 63.1 Å². The maximum Gasteiger partial charge on any atom is 0.0136 e. The molecule has 1 aliphatic carbocycles. The molecule has 0 aromatic carbocycles. The summed E-state index contributed by atoms with van der Waals surface area (Å²) in [6, 6.07) is 0.888. The van der Waals surface area contributed by atoms with Crippen LogP contribution < -0.4 is 5.32 Å². The lowest BCUT2D eigenvalue weighted by atomic mass is 9.75. The van der Waals surface area contributed by atoms with Gasteiger partial charge >= 0.3 is 0 Å². The molecule has 0 bridgehead atoms. The van der Waals surface area contributed by atoms with Crippen molar-refractivity contribution in [2.45, 2.75) is 58.9 Å². The fraction of sp³-hybridized carbons (Fsp3) is 1.00. The van der Waals surface area contributed by atoms with Crippen molar-refractivity contribution < 1.29 is 0 Å². The molecule has 0 radical (unpaired) electrons. The van der Waals surface area contributed by atoms with Crippen molar-refractivity contribution in [2.75, 3.05) is 26.2 Å². The molecule has 2 fully saturated rings. The number of hydrogen-bond acceptors (Lipinski definition) is 2. The summed E-state index contributed by atoms with van der Waals surface area (Å²) in [4.78, 5) is 2.78. The molecule has 1 N–H and O–H groups in total. The molecule has 17 heavy (non-hydrogen) atoms. The van der Waals surface area contributed by atoms with Crippen LogP contribution in [0.4, 0.5) is 0 Å². The van der Waals surface area contributed by atoms with Crippen LogP contribution in [-0.2, 0) is 0 Å². The second kappa shape index (κ2) is 5.71. The van der Waals surface area contributed by atoms with Crippen molar-refractivity contribution in [1.82, 2.24) is 10.2 Å². The van der Waals surface area contributed by atoms with Crippen molar-refractivity contribution in [3.8, 4) is 0 Å². The molecule has 0 amide bonds. The zero-order chi connectivity index (χ0) is 12.3. The number of hydrogen-bond donors (Lipinski definition) is 1. The average molecular weight is 238 g/mol. The molecule has 2 nitrogen and oxygen atoms in total. The third-order valence-electron chi connectivity index (χ3n) is 4.61. The van der Waals surface area contributed by atoms with Crippen LogP contribution in [0, 0.1) is 11.3 Å². The van der Waals surface area contributed by atoms with E-state index in [-0.39, 0.29) is 0 Å². The van der Waals surface area contributed by atoms with Crippen molar-refractivity contribution in [3.05, 3.63) is 0 Å². The molecule has 1 saturated heterocycles. The number of nitrogens with one attached hydrogen (secondary N) is 1. The summed E-state index contributed by atoms with van der Waals surface area (Å²) in [6.45, 7) is 12.2. The van der Waals surface area contributed by atoms with Gasteiger partial charge in [-0.25, -0.2) is 0 Å². The molecule has 0 spiro atoms. The summed E-state index contributed by atoms with van der Waals surface area (Å²) in [7, 11) is 0. The fourth-order valence-electron chi connectivity index (χ4n) is 3.49. The molecule has 2 unspecified atom stereocenters. The Morgan fingerprint density at radius 3 is 2.71 bits per heavy atom. The summed E-state index contributed by atoms with van der Waals surface area (Å²) in [5, 5.41) is 3.60. The Morgan fingerprint density at radius 1 is 1.29 bits per heavy atom.